The van der Waals surface area contributed by atoms with E-state index in [1.54, 1.807) is 38.1 Å². The summed E-state index contributed by atoms with van der Waals surface area (Å²) in [6.45, 7) is 14.8. The molecule has 0 bridgehead atoms. The van der Waals surface area contributed by atoms with Gasteiger partial charge < -0.3 is 31.5 Å². The predicted octanol–water partition coefficient (Wildman–Crippen LogP) is 7.56. The summed E-state index contributed by atoms with van der Waals surface area (Å²) in [4.78, 5) is 54.0. The Bertz CT molecular complexity index is 1380. The minimum absolute atomic E-state index is 0. The summed E-state index contributed by atoms with van der Waals surface area (Å²) in [7, 11) is 0. The third kappa shape index (κ3) is 22.9. The number of halogens is 4. The summed E-state index contributed by atoms with van der Waals surface area (Å²) < 4.78 is 26.8. The number of likely N-dealkylation sites (tertiary alicyclic amines) is 1. The van der Waals surface area contributed by atoms with Gasteiger partial charge in [-0.05, 0) is 94.4 Å². The van der Waals surface area contributed by atoms with Gasteiger partial charge in [-0.3, -0.25) is 4.79 Å². The number of carbonyl (C=O) groups excluding carboxylic acids is 5. The summed E-state index contributed by atoms with van der Waals surface area (Å²) in [5.74, 6) is -0.413. The standard InChI is InChI=1S/C18H26FN3O2.C13H18FN3O.C4H10.CH2Cl2.CO2.B/c1-4-12(2)17(23)22-9-7-14(8-10-22)20-18(24)21-15-6-5-13(3)16(19)11-15;1-9-2-3-11(8-12(9)14)17-13(18)16-10-4-6-15-7-5-10;1-3-4-2;2*2-1-3;/h5-6,11-12,14H,4,7-10H2,1-3H3,(H2,20,21,24);2-3,8,10,15H,4-7H2,1H3,(H2,16,17,18);3-4H2,1-2H3;1H2;;. The number of anilines is 2. The Hall–Kier alpha value is -3.71. The quantitative estimate of drug-likeness (QED) is 0.145. The molecular weight excluding hydrogens is 728 g/mol. The average Bonchev–Trinajstić information content (AvgIpc) is 3.12. The van der Waals surface area contributed by atoms with E-state index in [0.29, 0.717) is 35.6 Å². The van der Waals surface area contributed by atoms with Crippen molar-refractivity contribution >= 4 is 67.1 Å². The van der Waals surface area contributed by atoms with Crippen LogP contribution < -0.4 is 26.6 Å². The van der Waals surface area contributed by atoms with Gasteiger partial charge in [-0.2, -0.15) is 9.59 Å². The van der Waals surface area contributed by atoms with Crippen LogP contribution in [0.25, 0.3) is 0 Å². The number of aryl methyl sites for hydroxylation is 2. The highest BCUT2D eigenvalue weighted by Gasteiger charge is 2.26. The molecule has 16 heteroatoms. The molecule has 2 heterocycles. The molecule has 2 aliphatic heterocycles. The normalized spacial score (nSPS) is 14.1. The van der Waals surface area contributed by atoms with Crippen LogP contribution in [-0.4, -0.2) is 81.0 Å². The van der Waals surface area contributed by atoms with Gasteiger partial charge in [0, 0.05) is 50.9 Å². The highest BCUT2D eigenvalue weighted by molar-refractivity contribution is 6.40. The van der Waals surface area contributed by atoms with Crippen molar-refractivity contribution in [3.8, 4) is 0 Å². The zero-order valence-corrected chi connectivity index (χ0v) is 33.3. The number of hydrogen-bond acceptors (Lipinski definition) is 6. The Morgan fingerprint density at radius 1 is 0.811 bits per heavy atom. The Labute approximate surface area is 325 Å². The molecule has 2 saturated heterocycles. The van der Waals surface area contributed by atoms with Gasteiger partial charge in [-0.1, -0.05) is 52.7 Å². The van der Waals surface area contributed by atoms with Gasteiger partial charge in [-0.15, -0.1) is 23.2 Å². The van der Waals surface area contributed by atoms with Crippen molar-refractivity contribution in [1.82, 2.24) is 20.9 Å². The lowest BCUT2D eigenvalue weighted by Crippen LogP contribution is -2.48. The van der Waals surface area contributed by atoms with Crippen molar-refractivity contribution in [1.29, 1.82) is 0 Å². The predicted molar refractivity (Wildman–Crippen MR) is 209 cm³/mol. The molecule has 0 saturated carbocycles. The molecule has 1 atom stereocenters. The third-order valence-corrected chi connectivity index (χ3v) is 8.21. The summed E-state index contributed by atoms with van der Waals surface area (Å²) in [5, 5.41) is 14.5. The van der Waals surface area contributed by atoms with E-state index in [1.807, 2.05) is 18.7 Å². The average molecular weight is 785 g/mol. The van der Waals surface area contributed by atoms with Crippen molar-refractivity contribution in [3.63, 3.8) is 0 Å². The van der Waals surface area contributed by atoms with Crippen molar-refractivity contribution in [2.45, 2.75) is 98.6 Å². The number of carbonyl (C=O) groups is 3. The second kappa shape index (κ2) is 30.7. The van der Waals surface area contributed by atoms with Gasteiger partial charge in [0.1, 0.15) is 11.6 Å². The number of piperidine rings is 2. The third-order valence-electron chi connectivity index (χ3n) is 8.21. The molecule has 11 nitrogen and oxygen atoms in total. The van der Waals surface area contributed by atoms with Crippen LogP contribution >= 0.6 is 23.2 Å². The SMILES string of the molecule is CCC(C)C(=O)N1CCC(NC(=O)Nc2ccc(C)c(F)c2)CC1.CCCC.Cc1ccc(NC(=O)NC2CCNCC2)cc1F.ClCCl.O=C=O.[B]. The lowest BCUT2D eigenvalue weighted by molar-refractivity contribution is -0.191. The molecule has 0 spiro atoms. The summed E-state index contributed by atoms with van der Waals surface area (Å²) >= 11 is 9.53. The van der Waals surface area contributed by atoms with E-state index in [2.05, 4.69) is 40.4 Å². The molecule has 53 heavy (non-hydrogen) atoms. The number of amides is 5. The Morgan fingerprint density at radius 2 is 1.19 bits per heavy atom. The van der Waals surface area contributed by atoms with Gasteiger partial charge in [0.2, 0.25) is 5.91 Å². The summed E-state index contributed by atoms with van der Waals surface area (Å²) in [6.07, 6.45) is 7.05. The zero-order chi connectivity index (χ0) is 39.5. The van der Waals surface area contributed by atoms with Gasteiger partial charge >= 0.3 is 18.2 Å². The first-order valence-corrected chi connectivity index (χ1v) is 18.6. The van der Waals surface area contributed by atoms with E-state index in [1.165, 1.54) is 25.0 Å². The number of unbranched alkanes of at least 4 members (excludes halogenated alkanes) is 1. The molecule has 2 aromatic rings. The minimum Gasteiger partial charge on any atom is -0.342 e. The Kier molecular flexibility index (Phi) is 29.8. The van der Waals surface area contributed by atoms with E-state index in [9.17, 15) is 23.2 Å². The van der Waals surface area contributed by atoms with E-state index in [-0.39, 0.29) is 67.5 Å². The molecule has 2 fully saturated rings. The second-order valence-corrected chi connectivity index (χ2v) is 13.1. The number of rotatable bonds is 7. The van der Waals surface area contributed by atoms with Crippen LogP contribution in [0, 0.1) is 31.4 Å². The summed E-state index contributed by atoms with van der Waals surface area (Å²) in [5.41, 5.74) is 2.02. The molecule has 0 aromatic heterocycles. The van der Waals surface area contributed by atoms with Crippen LogP contribution in [0.5, 0.6) is 0 Å². The highest BCUT2D eigenvalue weighted by atomic mass is 35.5. The molecule has 1 unspecified atom stereocenters. The second-order valence-electron chi connectivity index (χ2n) is 12.2. The Balaban J connectivity index is 0. The molecule has 295 valence electrons. The molecule has 5 amide bonds. The topological polar surface area (TPSA) is 149 Å². The fourth-order valence-corrected chi connectivity index (χ4v) is 4.74. The Morgan fingerprint density at radius 3 is 1.53 bits per heavy atom. The van der Waals surface area contributed by atoms with Crippen molar-refractivity contribution < 1.29 is 32.8 Å². The number of hydrogen-bond donors (Lipinski definition) is 5. The molecule has 5 N–H and O–H groups in total. The lowest BCUT2D eigenvalue weighted by atomic mass is 10.0. The maximum absolute atomic E-state index is 13.5. The number of benzene rings is 2. The molecule has 3 radical (unpaired) electrons. The van der Waals surface area contributed by atoms with Crippen LogP contribution in [0.2, 0.25) is 0 Å². The van der Waals surface area contributed by atoms with Crippen LogP contribution in [0.15, 0.2) is 36.4 Å². The lowest BCUT2D eigenvalue weighted by Gasteiger charge is -2.33. The van der Waals surface area contributed by atoms with Crippen LogP contribution in [-0.2, 0) is 14.4 Å². The maximum Gasteiger partial charge on any atom is 0.373 e. The minimum atomic E-state index is -0.343. The molecule has 0 aliphatic carbocycles. The molecule has 4 rings (SSSR count). The van der Waals surface area contributed by atoms with Crippen LogP contribution in [0.1, 0.15) is 83.8 Å². The van der Waals surface area contributed by atoms with Crippen LogP contribution in [0.3, 0.4) is 0 Å². The van der Waals surface area contributed by atoms with Gasteiger partial charge in [0.25, 0.3) is 0 Å². The van der Waals surface area contributed by atoms with Crippen molar-refractivity contribution in [2.24, 2.45) is 5.92 Å². The first-order chi connectivity index (χ1) is 24.8. The smallest absolute Gasteiger partial charge is 0.342 e. The molecular formula is C37H56BCl2F2N6O5. The van der Waals surface area contributed by atoms with Crippen molar-refractivity contribution in [2.75, 3.05) is 42.2 Å². The largest absolute Gasteiger partial charge is 0.373 e. The van der Waals surface area contributed by atoms with E-state index < -0.39 is 0 Å². The van der Waals surface area contributed by atoms with Gasteiger partial charge in [-0.25, -0.2) is 18.4 Å². The maximum atomic E-state index is 13.5. The zero-order valence-electron chi connectivity index (χ0n) is 31.8. The first-order valence-electron chi connectivity index (χ1n) is 17.6. The number of urea groups is 2. The summed E-state index contributed by atoms with van der Waals surface area (Å²) in [6, 6.07) is 8.89. The van der Waals surface area contributed by atoms with E-state index in [4.69, 9.17) is 32.8 Å². The van der Waals surface area contributed by atoms with E-state index in [0.717, 1.165) is 45.2 Å². The fraction of sp³-hybridized carbons (Fsp3) is 0.568. The number of alkyl halides is 2. The highest BCUT2D eigenvalue weighted by Crippen LogP contribution is 2.17. The van der Waals surface area contributed by atoms with Crippen molar-refractivity contribution in [3.05, 3.63) is 59.2 Å². The van der Waals surface area contributed by atoms with Crippen LogP contribution in [0.4, 0.5) is 29.7 Å². The number of nitrogens with one attached hydrogen (secondary N) is 5. The molecule has 2 aromatic carbocycles. The van der Waals surface area contributed by atoms with Gasteiger partial charge in [0.05, 0.1) is 5.34 Å². The monoisotopic (exact) mass is 783 g/mol. The van der Waals surface area contributed by atoms with E-state index >= 15 is 0 Å². The fourth-order valence-electron chi connectivity index (χ4n) is 4.74. The first kappa shape index (κ1) is 51.4. The van der Waals surface area contributed by atoms with Gasteiger partial charge in [0.15, 0.2) is 0 Å². The number of nitrogens with zero attached hydrogens (tertiary/aromatic N) is 1. The molecule has 2 aliphatic rings.